The lowest BCUT2D eigenvalue weighted by atomic mass is 9.94. The minimum absolute atomic E-state index is 0. The molecule has 1 aromatic carbocycles. The Morgan fingerprint density at radius 2 is 2.06 bits per heavy atom. The smallest absolute Gasteiger partial charge is 0.254 e. The number of hydrogen-bond acceptors (Lipinski definition) is 2. The fourth-order valence-electron chi connectivity index (χ4n) is 2.41. The van der Waals surface area contributed by atoms with Crippen molar-refractivity contribution in [3.05, 3.63) is 29.8 Å². The first-order chi connectivity index (χ1) is 8.08. The van der Waals surface area contributed by atoms with Crippen LogP contribution in [0.25, 0.3) is 0 Å². The molecule has 100 valence electrons. The third kappa shape index (κ3) is 3.16. The zero-order chi connectivity index (χ0) is 12.4. The fourth-order valence-corrected chi connectivity index (χ4v) is 2.41. The molecule has 0 spiro atoms. The van der Waals surface area contributed by atoms with Gasteiger partial charge in [-0.1, -0.05) is 13.0 Å². The minimum Gasteiger partial charge on any atom is -0.399 e. The molecular weight excluding hydrogens is 248 g/mol. The van der Waals surface area contributed by atoms with Gasteiger partial charge >= 0.3 is 0 Å². The third-order valence-electron chi connectivity index (χ3n) is 3.51. The highest BCUT2D eigenvalue weighted by Gasteiger charge is 2.27. The molecule has 4 heteroatoms. The Morgan fingerprint density at radius 1 is 1.33 bits per heavy atom. The number of piperidine rings is 1. The summed E-state index contributed by atoms with van der Waals surface area (Å²) in [4.78, 5) is 14.4. The molecule has 0 aliphatic carbocycles. The standard InChI is InChI=1S/C14H20N2O.ClH/c1-10-6-7-11(2)16(9-10)14(17)12-4-3-5-13(15)8-12;/h3-5,8,10-11H,6-7,9,15H2,1-2H3;1H. The number of nitrogens with zero attached hydrogens (tertiary/aromatic N) is 1. The molecule has 1 heterocycles. The number of amides is 1. The summed E-state index contributed by atoms with van der Waals surface area (Å²) >= 11 is 0. The zero-order valence-electron chi connectivity index (χ0n) is 10.9. The Bertz CT molecular complexity index is 422. The Labute approximate surface area is 115 Å². The van der Waals surface area contributed by atoms with Gasteiger partial charge in [0.2, 0.25) is 0 Å². The maximum Gasteiger partial charge on any atom is 0.254 e. The summed E-state index contributed by atoms with van der Waals surface area (Å²) in [7, 11) is 0. The van der Waals surface area contributed by atoms with E-state index in [-0.39, 0.29) is 18.3 Å². The van der Waals surface area contributed by atoms with Gasteiger partial charge in [-0.25, -0.2) is 0 Å². The Hall–Kier alpha value is -1.22. The molecule has 0 saturated carbocycles. The lowest BCUT2D eigenvalue weighted by molar-refractivity contribution is 0.0574. The van der Waals surface area contributed by atoms with Crippen LogP contribution in [0.1, 0.15) is 37.0 Å². The van der Waals surface area contributed by atoms with Gasteiger partial charge in [-0.3, -0.25) is 4.79 Å². The van der Waals surface area contributed by atoms with Crippen molar-refractivity contribution in [1.82, 2.24) is 4.90 Å². The topological polar surface area (TPSA) is 46.3 Å². The average Bonchev–Trinajstić information content (AvgIpc) is 2.31. The molecule has 18 heavy (non-hydrogen) atoms. The van der Waals surface area contributed by atoms with Crippen molar-refractivity contribution in [1.29, 1.82) is 0 Å². The van der Waals surface area contributed by atoms with Crippen LogP contribution in [-0.4, -0.2) is 23.4 Å². The molecule has 2 atom stereocenters. The van der Waals surface area contributed by atoms with E-state index in [0.717, 1.165) is 13.0 Å². The van der Waals surface area contributed by atoms with E-state index in [0.29, 0.717) is 23.2 Å². The van der Waals surface area contributed by atoms with Crippen LogP contribution in [0.2, 0.25) is 0 Å². The van der Waals surface area contributed by atoms with Gasteiger partial charge in [-0.15, -0.1) is 12.4 Å². The molecule has 1 aliphatic rings. The van der Waals surface area contributed by atoms with Crippen molar-refractivity contribution in [2.75, 3.05) is 12.3 Å². The van der Waals surface area contributed by atoms with Crippen molar-refractivity contribution >= 4 is 24.0 Å². The number of nitrogen functional groups attached to an aromatic ring is 1. The Balaban J connectivity index is 0.00000162. The summed E-state index contributed by atoms with van der Waals surface area (Å²) in [6, 6.07) is 7.57. The van der Waals surface area contributed by atoms with Crippen LogP contribution in [0.15, 0.2) is 24.3 Å². The van der Waals surface area contributed by atoms with E-state index in [9.17, 15) is 4.79 Å². The van der Waals surface area contributed by atoms with E-state index in [1.165, 1.54) is 6.42 Å². The number of carbonyl (C=O) groups excluding carboxylic acids is 1. The lowest BCUT2D eigenvalue weighted by Gasteiger charge is -2.36. The van der Waals surface area contributed by atoms with Crippen LogP contribution >= 0.6 is 12.4 Å². The number of carbonyl (C=O) groups is 1. The summed E-state index contributed by atoms with van der Waals surface area (Å²) in [5.74, 6) is 0.701. The van der Waals surface area contributed by atoms with Gasteiger partial charge in [0.1, 0.15) is 0 Å². The molecule has 1 amide bonds. The molecule has 0 aromatic heterocycles. The second-order valence-electron chi connectivity index (χ2n) is 5.11. The number of halogens is 1. The van der Waals surface area contributed by atoms with Crippen LogP contribution in [0.4, 0.5) is 5.69 Å². The van der Waals surface area contributed by atoms with E-state index in [2.05, 4.69) is 13.8 Å². The predicted octanol–water partition coefficient (Wildman–Crippen LogP) is 2.95. The highest BCUT2D eigenvalue weighted by Crippen LogP contribution is 2.23. The van der Waals surface area contributed by atoms with Crippen LogP contribution in [0.5, 0.6) is 0 Å². The van der Waals surface area contributed by atoms with Crippen molar-refractivity contribution < 1.29 is 4.79 Å². The summed E-state index contributed by atoms with van der Waals surface area (Å²) in [5.41, 5.74) is 7.06. The van der Waals surface area contributed by atoms with Gasteiger partial charge in [-0.05, 0) is 43.9 Å². The monoisotopic (exact) mass is 268 g/mol. The quantitative estimate of drug-likeness (QED) is 0.796. The first-order valence-electron chi connectivity index (χ1n) is 6.24. The minimum atomic E-state index is 0. The van der Waals surface area contributed by atoms with Gasteiger partial charge in [-0.2, -0.15) is 0 Å². The molecule has 2 rings (SSSR count). The summed E-state index contributed by atoms with van der Waals surface area (Å²) in [6.45, 7) is 5.18. The van der Waals surface area contributed by atoms with Gasteiger partial charge in [0.25, 0.3) is 5.91 Å². The molecule has 1 fully saturated rings. The van der Waals surface area contributed by atoms with Crippen LogP contribution in [0.3, 0.4) is 0 Å². The molecule has 1 aromatic rings. The third-order valence-corrected chi connectivity index (χ3v) is 3.51. The largest absolute Gasteiger partial charge is 0.399 e. The van der Waals surface area contributed by atoms with Crippen LogP contribution < -0.4 is 5.73 Å². The molecular formula is C14H21ClN2O. The second-order valence-corrected chi connectivity index (χ2v) is 5.11. The predicted molar refractivity (Wildman–Crippen MR) is 77.0 cm³/mol. The fraction of sp³-hybridized carbons (Fsp3) is 0.500. The Morgan fingerprint density at radius 3 is 2.72 bits per heavy atom. The normalized spacial score (nSPS) is 23.3. The van der Waals surface area contributed by atoms with Gasteiger partial charge in [0, 0.05) is 23.8 Å². The first kappa shape index (κ1) is 14.8. The van der Waals surface area contributed by atoms with Crippen molar-refractivity contribution in [3.8, 4) is 0 Å². The van der Waals surface area contributed by atoms with Crippen molar-refractivity contribution in [2.45, 2.75) is 32.7 Å². The molecule has 1 aliphatic heterocycles. The lowest BCUT2D eigenvalue weighted by Crippen LogP contribution is -2.44. The van der Waals surface area contributed by atoms with E-state index in [1.54, 1.807) is 12.1 Å². The van der Waals surface area contributed by atoms with E-state index in [4.69, 9.17) is 5.73 Å². The van der Waals surface area contributed by atoms with Crippen molar-refractivity contribution in [2.24, 2.45) is 5.92 Å². The molecule has 3 nitrogen and oxygen atoms in total. The van der Waals surface area contributed by atoms with Gasteiger partial charge in [0.15, 0.2) is 0 Å². The number of hydrogen-bond donors (Lipinski definition) is 1. The summed E-state index contributed by atoms with van der Waals surface area (Å²) in [5, 5.41) is 0. The maximum absolute atomic E-state index is 12.4. The molecule has 1 saturated heterocycles. The molecule has 0 bridgehead atoms. The highest BCUT2D eigenvalue weighted by atomic mass is 35.5. The van der Waals surface area contributed by atoms with Gasteiger partial charge < -0.3 is 10.6 Å². The number of nitrogens with two attached hydrogens (primary N) is 1. The van der Waals surface area contributed by atoms with Crippen LogP contribution in [-0.2, 0) is 0 Å². The Kier molecular flexibility index (Phi) is 5.03. The van der Waals surface area contributed by atoms with E-state index in [1.807, 2.05) is 17.0 Å². The zero-order valence-corrected chi connectivity index (χ0v) is 11.7. The molecule has 2 unspecified atom stereocenters. The SMILES string of the molecule is CC1CCC(C)N(C(=O)c2cccc(N)c2)C1.Cl. The van der Waals surface area contributed by atoms with Crippen LogP contribution in [0, 0.1) is 5.92 Å². The van der Waals surface area contributed by atoms with E-state index < -0.39 is 0 Å². The number of anilines is 1. The summed E-state index contributed by atoms with van der Waals surface area (Å²) < 4.78 is 0. The molecule has 0 radical (unpaired) electrons. The number of likely N-dealkylation sites (tertiary alicyclic amines) is 1. The average molecular weight is 269 g/mol. The van der Waals surface area contributed by atoms with Crippen molar-refractivity contribution in [3.63, 3.8) is 0 Å². The maximum atomic E-state index is 12.4. The molecule has 2 N–H and O–H groups in total. The summed E-state index contributed by atoms with van der Waals surface area (Å²) in [6.07, 6.45) is 2.30. The first-order valence-corrected chi connectivity index (χ1v) is 6.24. The second kappa shape index (κ2) is 6.10. The van der Waals surface area contributed by atoms with E-state index >= 15 is 0 Å². The number of benzene rings is 1. The number of rotatable bonds is 1. The van der Waals surface area contributed by atoms with Gasteiger partial charge in [0.05, 0.1) is 0 Å². The highest BCUT2D eigenvalue weighted by molar-refractivity contribution is 5.95.